The number of anilines is 1. The molecule has 23 heavy (non-hydrogen) atoms. The van der Waals surface area contributed by atoms with Crippen LogP contribution in [0.5, 0.6) is 0 Å². The van der Waals surface area contributed by atoms with E-state index in [1.807, 2.05) is 0 Å². The van der Waals surface area contributed by atoms with E-state index in [1.165, 1.54) is 0 Å². The number of aromatic nitrogens is 1. The number of benzene rings is 1. The van der Waals surface area contributed by atoms with E-state index in [9.17, 15) is 14.4 Å². The van der Waals surface area contributed by atoms with Gasteiger partial charge in [0.1, 0.15) is 6.10 Å². The number of ketones is 2. The third-order valence-corrected chi connectivity index (χ3v) is 4.37. The molecule has 1 aromatic heterocycles. The van der Waals surface area contributed by atoms with Gasteiger partial charge in [0.2, 0.25) is 0 Å². The lowest BCUT2D eigenvalue weighted by Gasteiger charge is -2.21. The van der Waals surface area contributed by atoms with Gasteiger partial charge in [0.15, 0.2) is 17.2 Å². The second kappa shape index (κ2) is 4.89. The molecule has 6 nitrogen and oxygen atoms in total. The number of Topliss-reactive ketones (excluding diaryl/α,β-unsaturated/α-hetero) is 2. The van der Waals surface area contributed by atoms with Gasteiger partial charge in [-0.1, -0.05) is 18.2 Å². The maximum atomic E-state index is 12.4. The number of carbonyl (C=O) groups is 3. The minimum atomic E-state index is -1.30. The van der Waals surface area contributed by atoms with Crippen LogP contribution in [0.4, 0.5) is 5.69 Å². The minimum absolute atomic E-state index is 0.0431. The molecule has 0 unspecified atom stereocenters. The van der Waals surface area contributed by atoms with Crippen molar-refractivity contribution in [2.24, 2.45) is 0 Å². The monoisotopic (exact) mass is 310 g/mol. The number of ether oxygens (including phenoxy) is 1. The van der Waals surface area contributed by atoms with Gasteiger partial charge in [-0.15, -0.1) is 0 Å². The van der Waals surface area contributed by atoms with Gasteiger partial charge in [0.25, 0.3) is 5.91 Å². The van der Waals surface area contributed by atoms with Crippen LogP contribution in [0.2, 0.25) is 0 Å². The largest absolute Gasteiger partial charge is 0.359 e. The standard InChI is InChI=1S/C17H14N2O4/c20-13(12-6-3-7-18-12)8-15-14(21)9-17(23-15)10-4-1-2-5-11(10)19-16(17)22/h1-7,15,18H,8-9H2,(H,19,22)/t15-,17+/m0/s1. The van der Waals surface area contributed by atoms with Crippen LogP contribution in [-0.2, 0) is 19.9 Å². The van der Waals surface area contributed by atoms with Gasteiger partial charge in [-0.25, -0.2) is 0 Å². The molecule has 0 radical (unpaired) electrons. The van der Waals surface area contributed by atoms with Crippen molar-refractivity contribution < 1.29 is 19.1 Å². The minimum Gasteiger partial charge on any atom is -0.359 e. The summed E-state index contributed by atoms with van der Waals surface area (Å²) in [6, 6.07) is 10.5. The first kappa shape index (κ1) is 13.9. The molecule has 0 aliphatic carbocycles. The van der Waals surface area contributed by atoms with Crippen molar-refractivity contribution >= 4 is 23.2 Å². The Morgan fingerprint density at radius 1 is 1.22 bits per heavy atom. The Hall–Kier alpha value is -2.73. The third kappa shape index (κ3) is 2.03. The molecular formula is C17H14N2O4. The number of carbonyl (C=O) groups excluding carboxylic acids is 3. The number of amides is 1. The van der Waals surface area contributed by atoms with Crippen LogP contribution in [0, 0.1) is 0 Å². The Bertz CT molecular complexity index is 812. The highest BCUT2D eigenvalue weighted by molar-refractivity contribution is 6.10. The first-order chi connectivity index (χ1) is 11.1. The Morgan fingerprint density at radius 3 is 2.83 bits per heavy atom. The summed E-state index contributed by atoms with van der Waals surface area (Å²) < 4.78 is 5.83. The Morgan fingerprint density at radius 2 is 2.04 bits per heavy atom. The first-order valence-corrected chi connectivity index (χ1v) is 7.38. The van der Waals surface area contributed by atoms with Crippen molar-refractivity contribution in [3.8, 4) is 0 Å². The number of para-hydroxylation sites is 1. The highest BCUT2D eigenvalue weighted by Gasteiger charge is 2.56. The maximum absolute atomic E-state index is 12.4. The van der Waals surface area contributed by atoms with Gasteiger partial charge in [0, 0.05) is 23.9 Å². The first-order valence-electron chi connectivity index (χ1n) is 7.38. The van der Waals surface area contributed by atoms with E-state index in [0.29, 0.717) is 16.9 Å². The average Bonchev–Trinajstić information content (AvgIpc) is 3.22. The summed E-state index contributed by atoms with van der Waals surface area (Å²) in [5, 5.41) is 2.74. The van der Waals surface area contributed by atoms with Crippen molar-refractivity contribution in [2.45, 2.75) is 24.5 Å². The van der Waals surface area contributed by atoms with E-state index in [2.05, 4.69) is 10.3 Å². The number of H-pyrrole nitrogens is 1. The number of fused-ring (bicyclic) bond motifs is 2. The SMILES string of the molecule is O=C(C[C@@H]1O[C@@]2(CC1=O)C(=O)Nc1ccccc12)c1ccc[nH]1. The Kier molecular flexibility index (Phi) is 2.96. The Labute approximate surface area is 131 Å². The summed E-state index contributed by atoms with van der Waals surface area (Å²) in [5.74, 6) is -0.782. The van der Waals surface area contributed by atoms with Gasteiger partial charge in [0.05, 0.1) is 12.1 Å². The molecule has 1 spiro atoms. The fourth-order valence-corrected chi connectivity index (χ4v) is 3.23. The van der Waals surface area contributed by atoms with Crippen molar-refractivity contribution in [3.05, 3.63) is 53.9 Å². The van der Waals surface area contributed by atoms with Crippen molar-refractivity contribution in [3.63, 3.8) is 0 Å². The number of hydrogen-bond donors (Lipinski definition) is 2. The average molecular weight is 310 g/mol. The lowest BCUT2D eigenvalue weighted by Crippen LogP contribution is -2.34. The quantitative estimate of drug-likeness (QED) is 0.846. The normalized spacial score (nSPS) is 25.7. The molecule has 2 aliphatic heterocycles. The second-order valence-electron chi connectivity index (χ2n) is 5.79. The molecule has 2 aliphatic rings. The Balaban J connectivity index is 1.61. The molecule has 1 amide bonds. The van der Waals surface area contributed by atoms with Crippen LogP contribution in [0.25, 0.3) is 0 Å². The number of nitrogens with one attached hydrogen (secondary N) is 2. The predicted octanol–water partition coefficient (Wildman–Crippen LogP) is 1.79. The molecule has 2 aromatic rings. The fourth-order valence-electron chi connectivity index (χ4n) is 3.23. The van der Waals surface area contributed by atoms with Gasteiger partial charge >= 0.3 is 0 Å². The van der Waals surface area contributed by atoms with E-state index >= 15 is 0 Å². The molecule has 4 rings (SSSR count). The molecule has 1 aromatic carbocycles. The van der Waals surface area contributed by atoms with Crippen LogP contribution >= 0.6 is 0 Å². The fraction of sp³-hybridized carbons (Fsp3) is 0.235. The van der Waals surface area contributed by atoms with Crippen LogP contribution in [0.1, 0.15) is 28.9 Å². The zero-order valence-corrected chi connectivity index (χ0v) is 12.2. The number of hydrogen-bond acceptors (Lipinski definition) is 4. The molecule has 2 atom stereocenters. The van der Waals surface area contributed by atoms with Crippen LogP contribution in [0.3, 0.4) is 0 Å². The lowest BCUT2D eigenvalue weighted by atomic mass is 9.91. The maximum Gasteiger partial charge on any atom is 0.261 e. The highest BCUT2D eigenvalue weighted by atomic mass is 16.5. The van der Waals surface area contributed by atoms with Crippen LogP contribution in [0.15, 0.2) is 42.6 Å². The number of rotatable bonds is 3. The molecule has 1 saturated heterocycles. The van der Waals surface area contributed by atoms with E-state index in [1.54, 1.807) is 42.6 Å². The molecule has 0 bridgehead atoms. The summed E-state index contributed by atoms with van der Waals surface area (Å²) in [6.07, 6.45) is 0.629. The summed E-state index contributed by atoms with van der Waals surface area (Å²) in [5.41, 5.74) is 0.447. The van der Waals surface area contributed by atoms with E-state index in [4.69, 9.17) is 4.74 Å². The van der Waals surface area contributed by atoms with Gasteiger partial charge in [-0.3, -0.25) is 14.4 Å². The molecular weight excluding hydrogens is 296 g/mol. The van der Waals surface area contributed by atoms with Crippen molar-refractivity contribution in [2.75, 3.05) is 5.32 Å². The predicted molar refractivity (Wildman–Crippen MR) is 81.0 cm³/mol. The van der Waals surface area contributed by atoms with Gasteiger partial charge < -0.3 is 15.0 Å². The molecule has 6 heteroatoms. The molecule has 1 fully saturated rings. The van der Waals surface area contributed by atoms with E-state index < -0.39 is 11.7 Å². The van der Waals surface area contributed by atoms with E-state index in [0.717, 1.165) is 0 Å². The topological polar surface area (TPSA) is 88.3 Å². The highest BCUT2D eigenvalue weighted by Crippen LogP contribution is 2.46. The summed E-state index contributed by atoms with van der Waals surface area (Å²) in [6.45, 7) is 0. The molecule has 3 heterocycles. The van der Waals surface area contributed by atoms with Crippen molar-refractivity contribution in [1.82, 2.24) is 4.98 Å². The molecule has 0 saturated carbocycles. The number of aromatic amines is 1. The molecule has 2 N–H and O–H groups in total. The zero-order valence-electron chi connectivity index (χ0n) is 12.2. The summed E-state index contributed by atoms with van der Waals surface area (Å²) in [4.78, 5) is 39.7. The molecule has 116 valence electrons. The third-order valence-electron chi connectivity index (χ3n) is 4.37. The van der Waals surface area contributed by atoms with Crippen LogP contribution < -0.4 is 5.32 Å². The van der Waals surface area contributed by atoms with Crippen LogP contribution in [-0.4, -0.2) is 28.6 Å². The van der Waals surface area contributed by atoms with E-state index in [-0.39, 0.29) is 30.3 Å². The zero-order chi connectivity index (χ0) is 16.0. The lowest BCUT2D eigenvalue weighted by molar-refractivity contribution is -0.140. The second-order valence-corrected chi connectivity index (χ2v) is 5.79. The smallest absolute Gasteiger partial charge is 0.261 e. The van der Waals surface area contributed by atoms with Crippen molar-refractivity contribution in [1.29, 1.82) is 0 Å². The van der Waals surface area contributed by atoms with Gasteiger partial charge in [-0.05, 0) is 18.2 Å². The summed E-state index contributed by atoms with van der Waals surface area (Å²) >= 11 is 0. The summed E-state index contributed by atoms with van der Waals surface area (Å²) in [7, 11) is 0. The van der Waals surface area contributed by atoms with Gasteiger partial charge in [-0.2, -0.15) is 0 Å².